The highest BCUT2D eigenvalue weighted by atomic mass is 32.1. The molecule has 0 aliphatic heterocycles. The first-order chi connectivity index (χ1) is 11.7. The zero-order valence-electron chi connectivity index (χ0n) is 14.8. The summed E-state index contributed by atoms with van der Waals surface area (Å²) in [6.07, 6.45) is 3.93. The molecule has 2 rings (SSSR count). The molecule has 6 heteroatoms. The number of rotatable bonds is 7. The van der Waals surface area contributed by atoms with Crippen molar-refractivity contribution in [2.24, 2.45) is 4.99 Å². The van der Waals surface area contributed by atoms with Crippen LogP contribution in [0.25, 0.3) is 0 Å². The Hall–Kier alpha value is -2.08. The van der Waals surface area contributed by atoms with E-state index >= 15 is 0 Å². The minimum atomic E-state index is 0.724. The third-order valence-corrected chi connectivity index (χ3v) is 4.93. The Balaban J connectivity index is 1.78. The van der Waals surface area contributed by atoms with Gasteiger partial charge in [0.15, 0.2) is 5.96 Å². The number of methoxy groups -OCH3 is 1. The molecular weight excluding hydrogens is 320 g/mol. The number of guanidine groups is 1. The Morgan fingerprint density at radius 1 is 1.33 bits per heavy atom. The first-order valence-electron chi connectivity index (χ1n) is 8.17. The van der Waals surface area contributed by atoms with Crippen LogP contribution in [0.3, 0.4) is 0 Å². The Morgan fingerprint density at radius 3 is 2.79 bits per heavy atom. The Labute approximate surface area is 148 Å². The van der Waals surface area contributed by atoms with E-state index in [9.17, 15) is 0 Å². The van der Waals surface area contributed by atoms with E-state index in [2.05, 4.69) is 39.7 Å². The maximum atomic E-state index is 5.29. The van der Waals surface area contributed by atoms with Crippen molar-refractivity contribution in [1.29, 1.82) is 0 Å². The van der Waals surface area contributed by atoms with Crippen LogP contribution in [0.1, 0.15) is 27.9 Å². The minimum absolute atomic E-state index is 0.724. The molecule has 0 aliphatic carbocycles. The molecule has 2 N–H and O–H groups in total. The number of benzene rings is 1. The second-order valence-corrected chi connectivity index (χ2v) is 6.68. The van der Waals surface area contributed by atoms with Crippen LogP contribution in [0.5, 0.6) is 5.75 Å². The Bertz CT molecular complexity index is 681. The molecule has 0 aliphatic rings. The lowest BCUT2D eigenvalue weighted by Crippen LogP contribution is -2.37. The standard InChI is InChI=1S/C18H26N4OS/c1-5-15-12-21-17(24-15)8-9-20-18(19-3)22-11-14-6-7-16(23-4)13(2)10-14/h6-7,10,12H,5,8-9,11H2,1-4H3,(H2,19,20,22). The van der Waals surface area contributed by atoms with Crippen molar-refractivity contribution in [3.05, 3.63) is 45.4 Å². The largest absolute Gasteiger partial charge is 0.496 e. The fourth-order valence-corrected chi connectivity index (χ4v) is 3.23. The molecule has 0 atom stereocenters. The summed E-state index contributed by atoms with van der Waals surface area (Å²) in [6.45, 7) is 5.75. The van der Waals surface area contributed by atoms with Gasteiger partial charge in [-0.15, -0.1) is 11.3 Å². The van der Waals surface area contributed by atoms with Crippen LogP contribution in [0.15, 0.2) is 29.4 Å². The first-order valence-corrected chi connectivity index (χ1v) is 8.99. The number of ether oxygens (including phenoxy) is 1. The van der Waals surface area contributed by atoms with Crippen LogP contribution in [0, 0.1) is 6.92 Å². The van der Waals surface area contributed by atoms with E-state index in [1.807, 2.05) is 19.2 Å². The van der Waals surface area contributed by atoms with Gasteiger partial charge in [-0.05, 0) is 30.5 Å². The number of hydrogen-bond donors (Lipinski definition) is 2. The van der Waals surface area contributed by atoms with Crippen molar-refractivity contribution in [3.8, 4) is 5.75 Å². The van der Waals surface area contributed by atoms with E-state index in [4.69, 9.17) is 4.74 Å². The van der Waals surface area contributed by atoms with Crippen LogP contribution in [0.4, 0.5) is 0 Å². The molecule has 0 amide bonds. The van der Waals surface area contributed by atoms with Gasteiger partial charge < -0.3 is 15.4 Å². The highest BCUT2D eigenvalue weighted by molar-refractivity contribution is 7.11. The molecule has 1 heterocycles. The van der Waals surface area contributed by atoms with Crippen LogP contribution in [0.2, 0.25) is 0 Å². The van der Waals surface area contributed by atoms with E-state index < -0.39 is 0 Å². The van der Waals surface area contributed by atoms with Crippen molar-refractivity contribution in [2.45, 2.75) is 33.2 Å². The summed E-state index contributed by atoms with van der Waals surface area (Å²) in [5, 5.41) is 7.83. The Morgan fingerprint density at radius 2 is 2.17 bits per heavy atom. The fraction of sp³-hybridized carbons (Fsp3) is 0.444. The summed E-state index contributed by atoms with van der Waals surface area (Å²) >= 11 is 1.78. The molecule has 0 saturated heterocycles. The third kappa shape index (κ3) is 5.23. The summed E-state index contributed by atoms with van der Waals surface area (Å²) in [6, 6.07) is 6.19. The molecule has 0 fully saturated rings. The predicted molar refractivity (Wildman–Crippen MR) is 101 cm³/mol. The van der Waals surface area contributed by atoms with Gasteiger partial charge >= 0.3 is 0 Å². The number of aromatic nitrogens is 1. The maximum absolute atomic E-state index is 5.29. The molecule has 5 nitrogen and oxygen atoms in total. The predicted octanol–water partition coefficient (Wildman–Crippen LogP) is 2.93. The van der Waals surface area contributed by atoms with E-state index in [-0.39, 0.29) is 0 Å². The number of nitrogens with one attached hydrogen (secondary N) is 2. The van der Waals surface area contributed by atoms with Gasteiger partial charge in [-0.25, -0.2) is 4.98 Å². The SMILES string of the molecule is CCc1cnc(CCNC(=NC)NCc2ccc(OC)c(C)c2)s1. The number of thiazole rings is 1. The van der Waals surface area contributed by atoms with Crippen LogP contribution in [-0.2, 0) is 19.4 Å². The van der Waals surface area contributed by atoms with Crippen LogP contribution >= 0.6 is 11.3 Å². The number of hydrogen-bond acceptors (Lipinski definition) is 4. The Kier molecular flexibility index (Phi) is 7.06. The molecule has 1 aromatic heterocycles. The molecule has 0 saturated carbocycles. The number of nitrogens with zero attached hydrogens (tertiary/aromatic N) is 2. The van der Waals surface area contributed by atoms with Crippen molar-refractivity contribution < 1.29 is 4.74 Å². The average Bonchev–Trinajstić information content (AvgIpc) is 3.06. The normalized spacial score (nSPS) is 11.4. The molecular formula is C18H26N4OS. The molecule has 2 aromatic rings. The molecule has 130 valence electrons. The summed E-state index contributed by atoms with van der Waals surface area (Å²) in [4.78, 5) is 10.0. The molecule has 1 aromatic carbocycles. The molecule has 0 radical (unpaired) electrons. The molecule has 0 spiro atoms. The highest BCUT2D eigenvalue weighted by Gasteiger charge is 2.03. The second-order valence-electron chi connectivity index (χ2n) is 5.48. The highest BCUT2D eigenvalue weighted by Crippen LogP contribution is 2.18. The van der Waals surface area contributed by atoms with Crippen LogP contribution in [-0.4, -0.2) is 31.6 Å². The summed E-state index contributed by atoms with van der Waals surface area (Å²) in [5.74, 6) is 1.71. The average molecular weight is 347 g/mol. The quantitative estimate of drug-likeness (QED) is 0.598. The summed E-state index contributed by atoms with van der Waals surface area (Å²) < 4.78 is 5.29. The lowest BCUT2D eigenvalue weighted by atomic mass is 10.1. The minimum Gasteiger partial charge on any atom is -0.496 e. The van der Waals surface area contributed by atoms with E-state index in [1.165, 1.54) is 15.4 Å². The number of aliphatic imine (C=N–C) groups is 1. The summed E-state index contributed by atoms with van der Waals surface area (Å²) in [7, 11) is 3.48. The van der Waals surface area contributed by atoms with Gasteiger partial charge in [0.2, 0.25) is 0 Å². The van der Waals surface area contributed by atoms with Crippen LogP contribution < -0.4 is 15.4 Å². The van der Waals surface area contributed by atoms with E-state index in [1.54, 1.807) is 25.5 Å². The molecule has 0 bridgehead atoms. The van der Waals surface area contributed by atoms with Crippen molar-refractivity contribution in [2.75, 3.05) is 20.7 Å². The van der Waals surface area contributed by atoms with Gasteiger partial charge in [0.05, 0.1) is 12.1 Å². The summed E-state index contributed by atoms with van der Waals surface area (Å²) in [5.41, 5.74) is 2.33. The lowest BCUT2D eigenvalue weighted by molar-refractivity contribution is 0.411. The molecule has 24 heavy (non-hydrogen) atoms. The van der Waals surface area contributed by atoms with Gasteiger partial charge in [-0.2, -0.15) is 0 Å². The molecule has 0 unspecified atom stereocenters. The lowest BCUT2D eigenvalue weighted by Gasteiger charge is -2.12. The topological polar surface area (TPSA) is 58.5 Å². The zero-order valence-corrected chi connectivity index (χ0v) is 15.7. The third-order valence-electron chi connectivity index (χ3n) is 3.72. The van der Waals surface area contributed by atoms with Gasteiger partial charge in [0.25, 0.3) is 0 Å². The monoisotopic (exact) mass is 346 g/mol. The number of aryl methyl sites for hydroxylation is 2. The van der Waals surface area contributed by atoms with Gasteiger partial charge in [-0.3, -0.25) is 4.99 Å². The van der Waals surface area contributed by atoms with Crippen molar-refractivity contribution >= 4 is 17.3 Å². The maximum Gasteiger partial charge on any atom is 0.191 e. The van der Waals surface area contributed by atoms with Crippen molar-refractivity contribution in [1.82, 2.24) is 15.6 Å². The van der Waals surface area contributed by atoms with Crippen molar-refractivity contribution in [3.63, 3.8) is 0 Å². The first kappa shape index (κ1) is 18.3. The van der Waals surface area contributed by atoms with Gasteiger partial charge in [0, 0.05) is 37.6 Å². The smallest absolute Gasteiger partial charge is 0.191 e. The second kappa shape index (κ2) is 9.27. The zero-order chi connectivity index (χ0) is 17.4. The van der Waals surface area contributed by atoms with E-state index in [0.717, 1.165) is 43.2 Å². The van der Waals surface area contributed by atoms with Gasteiger partial charge in [-0.1, -0.05) is 19.1 Å². The van der Waals surface area contributed by atoms with E-state index in [0.29, 0.717) is 0 Å². The van der Waals surface area contributed by atoms with Gasteiger partial charge in [0.1, 0.15) is 5.75 Å². The fourth-order valence-electron chi connectivity index (χ4n) is 2.37.